The monoisotopic (exact) mass is 476 g/mol. The molecule has 2 aliphatic rings. The smallest absolute Gasteiger partial charge is 0.335 e. The second-order valence-corrected chi connectivity index (χ2v) is 8.91. The molecule has 2 aliphatic heterocycles. The van der Waals surface area contributed by atoms with Gasteiger partial charge in [-0.05, 0) is 36.1 Å². The van der Waals surface area contributed by atoms with Gasteiger partial charge < -0.3 is 4.42 Å². The lowest BCUT2D eigenvalue weighted by Crippen LogP contribution is -2.42. The second-order valence-electron chi connectivity index (χ2n) is 7.93. The van der Waals surface area contributed by atoms with E-state index in [0.717, 1.165) is 9.78 Å². The van der Waals surface area contributed by atoms with Crippen molar-refractivity contribution in [2.24, 2.45) is 5.10 Å². The van der Waals surface area contributed by atoms with E-state index in [0.29, 0.717) is 28.4 Å². The Balaban J connectivity index is 1.38. The first-order valence-electron chi connectivity index (χ1n) is 10.7. The Morgan fingerprint density at radius 3 is 2.56 bits per heavy atom. The van der Waals surface area contributed by atoms with E-state index in [1.165, 1.54) is 22.6 Å². The van der Waals surface area contributed by atoms with E-state index >= 15 is 0 Å². The molecule has 172 valence electrons. The number of nitrogens with zero attached hydrogens (tertiary/aromatic N) is 4. The third-order valence-corrected chi connectivity index (χ3v) is 6.86. The summed E-state index contributed by atoms with van der Waals surface area (Å²) in [5.41, 5.74) is 1.29. The van der Waals surface area contributed by atoms with E-state index < -0.39 is 42.4 Å². The number of urea groups is 1. The van der Waals surface area contributed by atoms with Crippen LogP contribution in [0.5, 0.6) is 0 Å². The number of imide groups is 2. The fourth-order valence-corrected chi connectivity index (χ4v) is 4.94. The lowest BCUT2D eigenvalue weighted by molar-refractivity contribution is -0.145. The maximum absolute atomic E-state index is 13.3. The van der Waals surface area contributed by atoms with Crippen molar-refractivity contribution in [1.29, 1.82) is 0 Å². The molecular weight excluding hydrogens is 456 g/mol. The number of hydrogen-bond donors (Lipinski definition) is 0. The molecule has 9 nitrogen and oxygen atoms in total. The van der Waals surface area contributed by atoms with Crippen molar-refractivity contribution in [3.63, 3.8) is 0 Å². The third kappa shape index (κ3) is 3.71. The molecule has 5 amide bonds. The van der Waals surface area contributed by atoms with Crippen molar-refractivity contribution in [2.75, 3.05) is 6.54 Å². The van der Waals surface area contributed by atoms with E-state index in [4.69, 9.17) is 4.42 Å². The van der Waals surface area contributed by atoms with Crippen LogP contribution in [0.2, 0.25) is 0 Å². The van der Waals surface area contributed by atoms with Gasteiger partial charge >= 0.3 is 17.8 Å². The molecule has 0 radical (unpaired) electrons. The molecule has 2 unspecified atom stereocenters. The van der Waals surface area contributed by atoms with E-state index in [9.17, 15) is 19.2 Å². The summed E-state index contributed by atoms with van der Waals surface area (Å²) in [6, 6.07) is 14.3. The Morgan fingerprint density at radius 1 is 1.09 bits per heavy atom. The van der Waals surface area contributed by atoms with Crippen LogP contribution in [0.3, 0.4) is 0 Å². The first-order chi connectivity index (χ1) is 16.5. The Morgan fingerprint density at radius 2 is 1.88 bits per heavy atom. The van der Waals surface area contributed by atoms with Crippen LogP contribution in [-0.2, 0) is 14.4 Å². The number of hydrazone groups is 1. The van der Waals surface area contributed by atoms with Crippen LogP contribution in [0.1, 0.15) is 41.6 Å². The minimum atomic E-state index is -1.02. The van der Waals surface area contributed by atoms with Crippen molar-refractivity contribution >= 4 is 40.8 Å². The minimum Gasteiger partial charge on any atom is -0.463 e. The molecule has 0 saturated carbocycles. The Hall–Kier alpha value is -4.05. The molecule has 0 aliphatic carbocycles. The van der Waals surface area contributed by atoms with E-state index in [2.05, 4.69) is 5.10 Å². The highest BCUT2D eigenvalue weighted by Crippen LogP contribution is 2.35. The molecule has 2 atom stereocenters. The summed E-state index contributed by atoms with van der Waals surface area (Å²) in [6.07, 6.45) is 1.95. The van der Waals surface area contributed by atoms with Gasteiger partial charge in [-0.1, -0.05) is 36.4 Å². The quantitative estimate of drug-likeness (QED) is 0.400. The largest absolute Gasteiger partial charge is 0.463 e. The van der Waals surface area contributed by atoms with Gasteiger partial charge in [0.1, 0.15) is 18.0 Å². The Kier molecular flexibility index (Phi) is 5.58. The average Bonchev–Trinajstić information content (AvgIpc) is 3.64. The normalized spacial score (nSPS) is 19.2. The van der Waals surface area contributed by atoms with Crippen molar-refractivity contribution in [3.05, 3.63) is 82.4 Å². The van der Waals surface area contributed by atoms with E-state index in [-0.39, 0.29) is 0 Å². The fraction of sp³-hybridized carbons (Fsp3) is 0.208. The molecular formula is C24H20N4O5S. The molecule has 0 N–H and O–H groups in total. The van der Waals surface area contributed by atoms with Gasteiger partial charge in [-0.25, -0.2) is 19.6 Å². The highest BCUT2D eigenvalue weighted by atomic mass is 32.1. The van der Waals surface area contributed by atoms with Crippen LogP contribution in [-0.4, -0.2) is 50.8 Å². The molecule has 1 saturated heterocycles. The lowest BCUT2D eigenvalue weighted by atomic mass is 10.1. The highest BCUT2D eigenvalue weighted by molar-refractivity contribution is 7.10. The number of rotatable bonds is 6. The summed E-state index contributed by atoms with van der Waals surface area (Å²) < 4.78 is 5.44. The van der Waals surface area contributed by atoms with Crippen LogP contribution in [0.4, 0.5) is 4.79 Å². The molecule has 34 heavy (non-hydrogen) atoms. The molecule has 5 rings (SSSR count). The topological polar surface area (TPSA) is 104 Å². The summed E-state index contributed by atoms with van der Waals surface area (Å²) in [7, 11) is 0. The zero-order valence-corrected chi connectivity index (χ0v) is 19.0. The van der Waals surface area contributed by atoms with Gasteiger partial charge in [-0.3, -0.25) is 14.4 Å². The van der Waals surface area contributed by atoms with Gasteiger partial charge in [0.05, 0.1) is 18.3 Å². The third-order valence-electron chi connectivity index (χ3n) is 5.89. The number of benzene rings is 1. The van der Waals surface area contributed by atoms with Crippen LogP contribution >= 0.6 is 11.3 Å². The van der Waals surface area contributed by atoms with Crippen molar-refractivity contribution in [3.8, 4) is 0 Å². The van der Waals surface area contributed by atoms with Gasteiger partial charge in [-0.15, -0.1) is 11.3 Å². The molecule has 3 aromatic rings. The van der Waals surface area contributed by atoms with Crippen LogP contribution in [0, 0.1) is 0 Å². The second kappa shape index (κ2) is 8.71. The Labute approximate surface area is 198 Å². The van der Waals surface area contributed by atoms with Crippen LogP contribution < -0.4 is 0 Å². The maximum atomic E-state index is 13.3. The lowest BCUT2D eigenvalue weighted by Gasteiger charge is -2.24. The molecule has 1 fully saturated rings. The summed E-state index contributed by atoms with van der Waals surface area (Å²) in [5, 5.41) is 7.62. The predicted octanol–water partition coefficient (Wildman–Crippen LogP) is 3.57. The highest BCUT2D eigenvalue weighted by Gasteiger charge is 2.48. The molecule has 10 heteroatoms. The first kappa shape index (κ1) is 21.8. The van der Waals surface area contributed by atoms with Crippen LogP contribution in [0.15, 0.2) is 75.8 Å². The predicted molar refractivity (Wildman–Crippen MR) is 123 cm³/mol. The number of hydrogen-bond acceptors (Lipinski definition) is 7. The summed E-state index contributed by atoms with van der Waals surface area (Å²) >= 11 is 1.48. The molecule has 0 spiro atoms. The summed E-state index contributed by atoms with van der Waals surface area (Å²) in [4.78, 5) is 54.1. The first-order valence-corrected chi connectivity index (χ1v) is 11.5. The van der Waals surface area contributed by atoms with Gasteiger partial charge in [0.15, 0.2) is 0 Å². The van der Waals surface area contributed by atoms with Gasteiger partial charge in [0.25, 0.3) is 5.91 Å². The zero-order valence-electron chi connectivity index (χ0n) is 18.2. The van der Waals surface area contributed by atoms with Crippen molar-refractivity contribution in [1.82, 2.24) is 14.8 Å². The van der Waals surface area contributed by atoms with Gasteiger partial charge in [0, 0.05) is 11.3 Å². The van der Waals surface area contributed by atoms with Crippen LogP contribution in [0.25, 0.3) is 0 Å². The number of carbonyl (C=O) groups is 4. The van der Waals surface area contributed by atoms with E-state index in [1.54, 1.807) is 43.3 Å². The summed E-state index contributed by atoms with van der Waals surface area (Å²) in [6.45, 7) is 1.08. The number of carbonyl (C=O) groups excluding carboxylic acids is 4. The summed E-state index contributed by atoms with van der Waals surface area (Å²) in [5.74, 6) is -2.00. The zero-order chi connectivity index (χ0) is 23.8. The molecule has 4 heterocycles. The number of furan rings is 1. The number of amides is 5. The fourth-order valence-electron chi connectivity index (χ4n) is 4.13. The van der Waals surface area contributed by atoms with Crippen molar-refractivity contribution in [2.45, 2.75) is 25.4 Å². The standard InChI is InChI=1S/C24H20N4O5S/c1-15(16-7-3-2-4-8-16)27-23(31)22(30)26(24(27)32)14-21(29)28-18(20-10-6-12-34-20)13-17(25-28)19-9-5-11-33-19/h2-12,15,18H,13-14H2,1H3. The SMILES string of the molecule is CC(c1ccccc1)N1C(=O)C(=O)N(CC(=O)N2N=C(c3ccco3)CC2c2cccs2)C1=O. The maximum Gasteiger partial charge on any atom is 0.335 e. The van der Waals surface area contributed by atoms with E-state index in [1.807, 2.05) is 23.6 Å². The average molecular weight is 477 g/mol. The van der Waals surface area contributed by atoms with Gasteiger partial charge in [0.2, 0.25) is 0 Å². The molecule has 1 aromatic carbocycles. The molecule has 2 aromatic heterocycles. The Bertz CT molecular complexity index is 1270. The number of thiophene rings is 1. The minimum absolute atomic E-state index is 0.393. The van der Waals surface area contributed by atoms with Gasteiger partial charge in [-0.2, -0.15) is 5.10 Å². The van der Waals surface area contributed by atoms with Crippen molar-refractivity contribution < 1.29 is 23.6 Å². The molecule has 0 bridgehead atoms.